The lowest BCUT2D eigenvalue weighted by atomic mass is 10.2. The number of thioether (sulfide) groups is 1. The van der Waals surface area contributed by atoms with E-state index in [1.807, 2.05) is 61.6 Å². The number of unbranched alkanes of at least 4 members (excludes halogenated alkanes) is 1. The molecule has 0 aliphatic rings. The van der Waals surface area contributed by atoms with Gasteiger partial charge in [0.25, 0.3) is 5.91 Å². The van der Waals surface area contributed by atoms with E-state index in [4.69, 9.17) is 11.6 Å². The Balaban J connectivity index is 0.000000363. The van der Waals surface area contributed by atoms with Crippen LogP contribution in [-0.2, 0) is 14.4 Å². The van der Waals surface area contributed by atoms with Crippen molar-refractivity contribution in [2.75, 3.05) is 26.0 Å². The van der Waals surface area contributed by atoms with E-state index in [1.54, 1.807) is 13.1 Å². The summed E-state index contributed by atoms with van der Waals surface area (Å²) in [7, 11) is 3.52. The minimum atomic E-state index is -0.211. The van der Waals surface area contributed by atoms with E-state index in [2.05, 4.69) is 10.4 Å². The van der Waals surface area contributed by atoms with Gasteiger partial charge in [-0.05, 0) is 54.1 Å². The van der Waals surface area contributed by atoms with E-state index in [-0.39, 0.29) is 5.91 Å². The van der Waals surface area contributed by atoms with E-state index < -0.39 is 0 Å². The van der Waals surface area contributed by atoms with Crippen LogP contribution in [0.1, 0.15) is 24.0 Å². The Labute approximate surface area is 192 Å². The van der Waals surface area contributed by atoms with Gasteiger partial charge in [0.2, 0.25) is 0 Å². The smallest absolute Gasteiger partial charge is 0.260 e. The molecule has 0 fully saturated rings. The van der Waals surface area contributed by atoms with Crippen LogP contribution in [0.4, 0.5) is 5.69 Å². The zero-order valence-corrected chi connectivity index (χ0v) is 19.0. The van der Waals surface area contributed by atoms with Gasteiger partial charge in [0.1, 0.15) is 12.1 Å². The van der Waals surface area contributed by atoms with Crippen LogP contribution < -0.4 is 16.9 Å². The highest BCUT2D eigenvalue weighted by molar-refractivity contribution is 8.16. The number of hydrogen-bond acceptors (Lipinski definition) is 7. The van der Waals surface area contributed by atoms with Crippen LogP contribution in [0.3, 0.4) is 0 Å². The van der Waals surface area contributed by atoms with E-state index in [9.17, 15) is 14.4 Å². The maximum absolute atomic E-state index is 12.2. The first-order valence-corrected chi connectivity index (χ1v) is 10.7. The monoisotopic (exact) mass is 455 g/mol. The molecule has 170 valence electrons. The fraction of sp³-hybridized carbons (Fsp3) is 0.217. The van der Waals surface area contributed by atoms with Gasteiger partial charge >= 0.3 is 0 Å². The number of nitrogens with one attached hydrogen (secondary N) is 1. The number of hydrogen-bond donors (Lipinski definition) is 3. The van der Waals surface area contributed by atoms with Crippen LogP contribution in [0.5, 0.6) is 0 Å². The molecule has 2 aromatic rings. The number of aldehydes is 1. The lowest BCUT2D eigenvalue weighted by molar-refractivity contribution is -0.125. The van der Waals surface area contributed by atoms with Crippen LogP contribution in [0.2, 0.25) is 0 Å². The highest BCUT2D eigenvalue weighted by Gasteiger charge is 2.15. The second-order valence-corrected chi connectivity index (χ2v) is 7.38. The molecule has 0 radical (unpaired) electrons. The molecule has 0 saturated heterocycles. The number of amidine groups is 1. The molecule has 1 amide bonds. The van der Waals surface area contributed by atoms with Crippen LogP contribution >= 0.6 is 11.8 Å². The van der Waals surface area contributed by atoms with Crippen LogP contribution in [-0.4, -0.2) is 49.2 Å². The molecule has 8 nitrogen and oxygen atoms in total. The maximum atomic E-state index is 12.2. The number of anilines is 1. The molecule has 0 heterocycles. The Morgan fingerprint density at radius 3 is 2.31 bits per heavy atom. The summed E-state index contributed by atoms with van der Waals surface area (Å²) in [6.07, 6.45) is 3.57. The van der Waals surface area contributed by atoms with Gasteiger partial charge in [0.15, 0.2) is 5.62 Å². The summed E-state index contributed by atoms with van der Waals surface area (Å²) in [6.45, 7) is 0.489. The molecule has 5 N–H and O–H groups in total. The van der Waals surface area contributed by atoms with Gasteiger partial charge < -0.3 is 26.6 Å². The largest absolute Gasteiger partial charge is 0.388 e. The minimum absolute atomic E-state index is 0.211. The van der Waals surface area contributed by atoms with Crippen molar-refractivity contribution in [1.29, 1.82) is 0 Å². The zero-order valence-electron chi connectivity index (χ0n) is 18.2. The van der Waals surface area contributed by atoms with Crippen LogP contribution in [0, 0.1) is 0 Å². The molecular formula is C23H29N5O3S. The Hall–Kier alpha value is -3.59. The molecule has 32 heavy (non-hydrogen) atoms. The maximum Gasteiger partial charge on any atom is 0.260 e. The number of likely N-dealkylation sites (N-methyl/N-ethyl adjacent to an activating group) is 1. The molecule has 0 atom stereocenters. The van der Waals surface area contributed by atoms with Crippen molar-refractivity contribution in [2.45, 2.75) is 12.8 Å². The minimum Gasteiger partial charge on any atom is -0.388 e. The van der Waals surface area contributed by atoms with Crippen molar-refractivity contribution in [3.8, 4) is 0 Å². The Kier molecular flexibility index (Phi) is 12.6. The standard InChI is InChI=1S/C15H17NO3S.C8H12N4/c1-16(9-5-6-10-17)15(19)14(20-12-18)11-13-7-3-2-4-8-13;1-11-7-4-2-6(3-5-7)8(9)12-10/h2-4,7-8,10-12H,5-6,9H2,1H3;2-5,11H,10H2,1H3,(H2,9,12)/b14-11-;. The van der Waals surface area contributed by atoms with Gasteiger partial charge in [-0.15, -0.1) is 0 Å². The molecule has 9 heteroatoms. The van der Waals surface area contributed by atoms with Crippen molar-refractivity contribution >= 4 is 47.2 Å². The molecule has 0 aromatic heterocycles. The summed E-state index contributed by atoms with van der Waals surface area (Å²) in [4.78, 5) is 35.1. The van der Waals surface area contributed by atoms with E-state index >= 15 is 0 Å². The Morgan fingerprint density at radius 1 is 1.12 bits per heavy atom. The lowest BCUT2D eigenvalue weighted by Gasteiger charge is -2.17. The number of hydrazone groups is 1. The molecule has 0 aliphatic carbocycles. The van der Waals surface area contributed by atoms with Crippen molar-refractivity contribution in [2.24, 2.45) is 16.7 Å². The summed E-state index contributed by atoms with van der Waals surface area (Å²) in [5, 5.41) is 6.39. The molecule has 0 spiro atoms. The SMILES string of the molecule is CN(CCCC=O)C(=O)/C(=C/c1ccccc1)SC=O.CNc1ccc(/C(N)=N/N)cc1. The molecule has 0 bridgehead atoms. The lowest BCUT2D eigenvalue weighted by Crippen LogP contribution is -2.28. The van der Waals surface area contributed by atoms with Crippen LogP contribution in [0.25, 0.3) is 6.08 Å². The Bertz CT molecular complexity index is 915. The van der Waals surface area contributed by atoms with Crippen molar-refractivity contribution in [3.05, 3.63) is 70.6 Å². The van der Waals surface area contributed by atoms with Gasteiger partial charge in [-0.1, -0.05) is 30.3 Å². The first kappa shape index (κ1) is 26.4. The highest BCUT2D eigenvalue weighted by atomic mass is 32.2. The quantitative estimate of drug-likeness (QED) is 0.0955. The zero-order chi connectivity index (χ0) is 23.8. The van der Waals surface area contributed by atoms with Gasteiger partial charge in [0.05, 0.1) is 4.91 Å². The van der Waals surface area contributed by atoms with Gasteiger partial charge in [0, 0.05) is 38.3 Å². The second-order valence-electron chi connectivity index (χ2n) is 6.51. The van der Waals surface area contributed by atoms with Gasteiger partial charge in [-0.2, -0.15) is 5.10 Å². The normalized spacial score (nSPS) is 11.1. The van der Waals surface area contributed by atoms with Crippen molar-refractivity contribution < 1.29 is 14.4 Å². The van der Waals surface area contributed by atoms with Gasteiger partial charge in [-0.3, -0.25) is 9.59 Å². The fourth-order valence-electron chi connectivity index (χ4n) is 2.48. The third kappa shape index (κ3) is 9.48. The second kappa shape index (κ2) is 15.2. The summed E-state index contributed by atoms with van der Waals surface area (Å²) in [6, 6.07) is 16.9. The number of rotatable bonds is 10. The molecule has 2 aromatic carbocycles. The fourth-order valence-corrected chi connectivity index (χ4v) is 3.05. The number of nitrogens with zero attached hydrogens (tertiary/aromatic N) is 2. The number of nitrogens with two attached hydrogens (primary N) is 2. The number of carbonyl (C=O) groups excluding carboxylic acids is 3. The molecule has 0 unspecified atom stereocenters. The highest BCUT2D eigenvalue weighted by Crippen LogP contribution is 2.19. The van der Waals surface area contributed by atoms with Crippen molar-refractivity contribution in [3.63, 3.8) is 0 Å². The van der Waals surface area contributed by atoms with E-state index in [0.717, 1.165) is 34.9 Å². The third-order valence-corrected chi connectivity index (χ3v) is 4.90. The van der Waals surface area contributed by atoms with Gasteiger partial charge in [-0.25, -0.2) is 0 Å². The third-order valence-electron chi connectivity index (χ3n) is 4.25. The molecule has 0 aliphatic heterocycles. The average molecular weight is 456 g/mol. The molecule has 0 saturated carbocycles. The number of amides is 1. The molecular weight excluding hydrogens is 426 g/mol. The molecule has 2 rings (SSSR count). The summed E-state index contributed by atoms with van der Waals surface area (Å²) in [5.41, 5.74) is 8.86. The summed E-state index contributed by atoms with van der Waals surface area (Å²) >= 11 is 0.867. The average Bonchev–Trinajstić information content (AvgIpc) is 2.84. The summed E-state index contributed by atoms with van der Waals surface area (Å²) < 4.78 is 0. The van der Waals surface area contributed by atoms with Crippen molar-refractivity contribution in [1.82, 2.24) is 4.90 Å². The van der Waals surface area contributed by atoms with E-state index in [0.29, 0.717) is 35.7 Å². The predicted octanol–water partition coefficient (Wildman–Crippen LogP) is 2.70. The number of carbonyl (C=O) groups is 3. The topological polar surface area (TPSA) is 131 Å². The summed E-state index contributed by atoms with van der Waals surface area (Å²) in [5.74, 6) is 5.16. The first-order chi connectivity index (χ1) is 15.5. The first-order valence-electron chi connectivity index (χ1n) is 9.84. The number of benzene rings is 2. The van der Waals surface area contributed by atoms with Crippen LogP contribution in [0.15, 0.2) is 64.6 Å². The predicted molar refractivity (Wildman–Crippen MR) is 133 cm³/mol. The van der Waals surface area contributed by atoms with E-state index in [1.165, 1.54) is 4.90 Å². The Morgan fingerprint density at radius 2 is 1.78 bits per heavy atom.